The highest BCUT2D eigenvalue weighted by atomic mass is 16.5. The quantitative estimate of drug-likeness (QED) is 0.813. The summed E-state index contributed by atoms with van der Waals surface area (Å²) in [6, 6.07) is 5.14. The van der Waals surface area contributed by atoms with E-state index in [9.17, 15) is 4.79 Å². The monoisotopic (exact) mass is 244 g/mol. The Bertz CT molecular complexity index is 524. The van der Waals surface area contributed by atoms with Crippen molar-refractivity contribution in [2.75, 3.05) is 0 Å². The second-order valence-corrected chi connectivity index (χ2v) is 5.93. The van der Waals surface area contributed by atoms with Crippen molar-refractivity contribution in [2.24, 2.45) is 17.3 Å². The van der Waals surface area contributed by atoms with E-state index in [1.54, 1.807) is 12.1 Å². The Balaban J connectivity index is 1.59. The highest BCUT2D eigenvalue weighted by Gasteiger charge is 2.62. The van der Waals surface area contributed by atoms with Gasteiger partial charge in [-0.3, -0.25) is 0 Å². The molecule has 0 aliphatic heterocycles. The van der Waals surface area contributed by atoms with Crippen LogP contribution in [-0.2, 0) is 4.74 Å². The summed E-state index contributed by atoms with van der Waals surface area (Å²) in [5.74, 6) is 1.09. The van der Waals surface area contributed by atoms with E-state index in [1.165, 1.54) is 0 Å². The number of rotatable bonds is 2. The lowest BCUT2D eigenvalue weighted by Gasteiger charge is -2.17. The summed E-state index contributed by atoms with van der Waals surface area (Å²) in [5.41, 5.74) is 1.20. The molecule has 94 valence electrons. The second-order valence-electron chi connectivity index (χ2n) is 5.93. The van der Waals surface area contributed by atoms with Crippen molar-refractivity contribution in [1.29, 1.82) is 5.26 Å². The zero-order chi connectivity index (χ0) is 12.9. The fourth-order valence-electron chi connectivity index (χ4n) is 3.35. The number of H-pyrrole nitrogens is 1. The smallest absolute Gasteiger partial charge is 0.355 e. The Morgan fingerprint density at radius 3 is 2.67 bits per heavy atom. The van der Waals surface area contributed by atoms with Gasteiger partial charge in [-0.25, -0.2) is 4.79 Å². The van der Waals surface area contributed by atoms with Crippen LogP contribution in [0.5, 0.6) is 0 Å². The molecule has 1 heterocycles. The van der Waals surface area contributed by atoms with E-state index in [1.807, 2.05) is 6.07 Å². The molecule has 1 unspecified atom stereocenters. The van der Waals surface area contributed by atoms with Gasteiger partial charge in [-0.2, -0.15) is 5.26 Å². The molecule has 1 aromatic heterocycles. The maximum Gasteiger partial charge on any atom is 0.355 e. The summed E-state index contributed by atoms with van der Waals surface area (Å²) in [4.78, 5) is 14.6. The first kappa shape index (κ1) is 11.3. The van der Waals surface area contributed by atoms with Crippen molar-refractivity contribution in [2.45, 2.75) is 32.8 Å². The van der Waals surface area contributed by atoms with Gasteiger partial charge in [-0.15, -0.1) is 0 Å². The second kappa shape index (κ2) is 3.61. The van der Waals surface area contributed by atoms with Gasteiger partial charge in [0.1, 0.15) is 23.6 Å². The number of carbonyl (C=O) groups excluding carboxylic acids is 1. The van der Waals surface area contributed by atoms with Crippen LogP contribution in [0, 0.1) is 28.6 Å². The van der Waals surface area contributed by atoms with Gasteiger partial charge >= 0.3 is 5.97 Å². The van der Waals surface area contributed by atoms with Crippen LogP contribution >= 0.6 is 0 Å². The Labute approximate surface area is 106 Å². The molecule has 0 bridgehead atoms. The van der Waals surface area contributed by atoms with E-state index in [0.717, 1.165) is 12.8 Å². The SMILES string of the molecule is CC1(C)[C@@H]2CC(OC(=O)c3ccc(C#N)[nH]3)C[C@@H]21. The molecule has 4 nitrogen and oxygen atoms in total. The lowest BCUT2D eigenvalue weighted by atomic mass is 9.99. The van der Waals surface area contributed by atoms with Crippen LogP contribution in [0.2, 0.25) is 0 Å². The van der Waals surface area contributed by atoms with Gasteiger partial charge in [0.05, 0.1) is 0 Å². The minimum absolute atomic E-state index is 0.0503. The largest absolute Gasteiger partial charge is 0.458 e. The van der Waals surface area contributed by atoms with Crippen molar-refractivity contribution in [3.63, 3.8) is 0 Å². The third-order valence-corrected chi connectivity index (χ3v) is 4.62. The number of carbonyl (C=O) groups is 1. The van der Waals surface area contributed by atoms with Gasteiger partial charge < -0.3 is 9.72 Å². The maximum atomic E-state index is 11.8. The molecule has 0 aromatic carbocycles. The number of nitrogens with zero attached hydrogens (tertiary/aromatic N) is 1. The van der Waals surface area contributed by atoms with Crippen LogP contribution in [0.15, 0.2) is 12.1 Å². The predicted octanol–water partition coefficient (Wildman–Crippen LogP) is 2.48. The first-order valence-corrected chi connectivity index (χ1v) is 6.32. The predicted molar refractivity (Wildman–Crippen MR) is 64.7 cm³/mol. The number of nitriles is 1. The summed E-state index contributed by atoms with van der Waals surface area (Å²) in [6.07, 6.45) is 2.01. The summed E-state index contributed by atoms with van der Waals surface area (Å²) >= 11 is 0. The number of ether oxygens (including phenoxy) is 1. The van der Waals surface area contributed by atoms with Gasteiger partial charge in [0.2, 0.25) is 0 Å². The maximum absolute atomic E-state index is 11.8. The van der Waals surface area contributed by atoms with E-state index >= 15 is 0 Å². The average molecular weight is 244 g/mol. The molecule has 3 atom stereocenters. The minimum Gasteiger partial charge on any atom is -0.458 e. The van der Waals surface area contributed by atoms with Crippen molar-refractivity contribution in [3.8, 4) is 6.07 Å². The summed E-state index contributed by atoms with van der Waals surface area (Å²) in [7, 11) is 0. The molecule has 3 rings (SSSR count). The lowest BCUT2D eigenvalue weighted by Crippen LogP contribution is -2.19. The zero-order valence-corrected chi connectivity index (χ0v) is 10.6. The number of hydrogen-bond acceptors (Lipinski definition) is 3. The molecule has 0 saturated heterocycles. The molecule has 0 amide bonds. The Kier molecular flexibility index (Phi) is 2.28. The third-order valence-electron chi connectivity index (χ3n) is 4.62. The van der Waals surface area contributed by atoms with Gasteiger partial charge in [0.15, 0.2) is 0 Å². The van der Waals surface area contributed by atoms with Crippen LogP contribution in [0.1, 0.15) is 42.9 Å². The van der Waals surface area contributed by atoms with Gasteiger partial charge in [0, 0.05) is 0 Å². The van der Waals surface area contributed by atoms with Crippen LogP contribution in [0.25, 0.3) is 0 Å². The lowest BCUT2D eigenvalue weighted by molar-refractivity contribution is 0.0258. The number of aromatic amines is 1. The van der Waals surface area contributed by atoms with Crippen molar-refractivity contribution >= 4 is 5.97 Å². The third kappa shape index (κ3) is 1.62. The van der Waals surface area contributed by atoms with E-state index in [4.69, 9.17) is 10.00 Å². The van der Waals surface area contributed by atoms with Gasteiger partial charge in [0.25, 0.3) is 0 Å². The Morgan fingerprint density at radius 2 is 2.11 bits per heavy atom. The standard InChI is InChI=1S/C14H16N2O2/c1-14(2)10-5-9(6-11(10)14)18-13(17)12-4-3-8(7-15)16-12/h3-4,9-11,16H,5-6H2,1-2H3/t9?,10-,11+. The molecule has 0 spiro atoms. The first-order chi connectivity index (χ1) is 8.52. The molecule has 4 heteroatoms. The van der Waals surface area contributed by atoms with E-state index < -0.39 is 0 Å². The molecule has 2 aliphatic rings. The zero-order valence-electron chi connectivity index (χ0n) is 10.6. The van der Waals surface area contributed by atoms with Crippen LogP contribution in [0.3, 0.4) is 0 Å². The van der Waals surface area contributed by atoms with Gasteiger partial charge in [-0.1, -0.05) is 13.8 Å². The van der Waals surface area contributed by atoms with Crippen LogP contribution in [0.4, 0.5) is 0 Å². The molecule has 1 N–H and O–H groups in total. The topological polar surface area (TPSA) is 65.9 Å². The van der Waals surface area contributed by atoms with Crippen molar-refractivity contribution in [3.05, 3.63) is 23.5 Å². The normalized spacial score (nSPS) is 31.5. The number of hydrogen-bond donors (Lipinski definition) is 1. The molecule has 2 aliphatic carbocycles. The van der Waals surface area contributed by atoms with Crippen LogP contribution < -0.4 is 0 Å². The first-order valence-electron chi connectivity index (χ1n) is 6.32. The number of aromatic nitrogens is 1. The Hall–Kier alpha value is -1.76. The molecule has 1 aromatic rings. The van der Waals surface area contributed by atoms with Gasteiger partial charge in [-0.05, 0) is 42.2 Å². The molecular formula is C14H16N2O2. The molecule has 18 heavy (non-hydrogen) atoms. The average Bonchev–Trinajstić information content (AvgIpc) is 2.81. The summed E-state index contributed by atoms with van der Waals surface area (Å²) < 4.78 is 5.47. The number of nitrogens with one attached hydrogen (secondary N) is 1. The number of fused-ring (bicyclic) bond motifs is 1. The van der Waals surface area contributed by atoms with Crippen molar-refractivity contribution < 1.29 is 9.53 Å². The van der Waals surface area contributed by atoms with E-state index in [-0.39, 0.29) is 12.1 Å². The van der Waals surface area contributed by atoms with E-state index in [2.05, 4.69) is 18.8 Å². The highest BCUT2D eigenvalue weighted by molar-refractivity contribution is 5.87. The van der Waals surface area contributed by atoms with Crippen molar-refractivity contribution in [1.82, 2.24) is 4.98 Å². The summed E-state index contributed by atoms with van der Waals surface area (Å²) in [5, 5.41) is 8.68. The minimum atomic E-state index is -0.347. The highest BCUT2D eigenvalue weighted by Crippen LogP contribution is 2.67. The molecule has 2 saturated carbocycles. The Morgan fingerprint density at radius 1 is 1.44 bits per heavy atom. The fourth-order valence-corrected chi connectivity index (χ4v) is 3.35. The number of esters is 1. The molecule has 0 radical (unpaired) electrons. The van der Waals surface area contributed by atoms with E-state index in [0.29, 0.717) is 28.6 Å². The molecule has 2 fully saturated rings. The fraction of sp³-hybridized carbons (Fsp3) is 0.571. The summed E-state index contributed by atoms with van der Waals surface area (Å²) in [6.45, 7) is 4.56. The molecular weight excluding hydrogens is 228 g/mol. The van der Waals surface area contributed by atoms with Crippen LogP contribution in [-0.4, -0.2) is 17.1 Å².